The predicted molar refractivity (Wildman–Crippen MR) is 99.8 cm³/mol. The minimum absolute atomic E-state index is 0.0485. The number of nitrogens with zero attached hydrogens (tertiary/aromatic N) is 1. The minimum atomic E-state index is -1.54. The summed E-state index contributed by atoms with van der Waals surface area (Å²) in [5.74, 6) is -0.270. The minimum Gasteiger partial charge on any atom is -0.423 e. The van der Waals surface area contributed by atoms with Crippen LogP contribution in [0.4, 0.5) is 5.69 Å². The Morgan fingerprint density at radius 3 is 2.42 bits per heavy atom. The largest absolute Gasteiger partial charge is 0.488 e. The fraction of sp³-hybridized carbons (Fsp3) is 0.263. The van der Waals surface area contributed by atoms with E-state index in [0.29, 0.717) is 24.1 Å². The summed E-state index contributed by atoms with van der Waals surface area (Å²) in [6.45, 7) is 0.583. The van der Waals surface area contributed by atoms with Crippen LogP contribution in [0.25, 0.3) is 0 Å². The molecule has 2 aromatic carbocycles. The van der Waals surface area contributed by atoms with Gasteiger partial charge in [0.25, 0.3) is 0 Å². The van der Waals surface area contributed by atoms with Gasteiger partial charge < -0.3 is 20.3 Å². The maximum Gasteiger partial charge on any atom is 0.488 e. The molecule has 3 N–H and O–H groups in total. The molecule has 26 heavy (non-hydrogen) atoms. The van der Waals surface area contributed by atoms with Crippen LogP contribution in [0.15, 0.2) is 54.6 Å². The van der Waals surface area contributed by atoms with Gasteiger partial charge in [-0.3, -0.25) is 9.59 Å². The lowest BCUT2D eigenvalue weighted by molar-refractivity contribution is -0.136. The first-order chi connectivity index (χ1) is 12.5. The van der Waals surface area contributed by atoms with E-state index in [2.05, 4.69) is 5.32 Å². The highest BCUT2D eigenvalue weighted by atomic mass is 16.4. The van der Waals surface area contributed by atoms with Crippen molar-refractivity contribution in [2.75, 3.05) is 11.9 Å². The molecule has 7 heteroatoms. The molecule has 0 aromatic heterocycles. The highest BCUT2D eigenvalue weighted by Crippen LogP contribution is 2.20. The summed E-state index contributed by atoms with van der Waals surface area (Å²) < 4.78 is 0. The fourth-order valence-electron chi connectivity index (χ4n) is 3.17. The van der Waals surface area contributed by atoms with Crippen molar-refractivity contribution in [1.29, 1.82) is 0 Å². The van der Waals surface area contributed by atoms with E-state index in [-0.39, 0.29) is 18.2 Å². The van der Waals surface area contributed by atoms with E-state index < -0.39 is 13.2 Å². The first-order valence-corrected chi connectivity index (χ1v) is 8.65. The van der Waals surface area contributed by atoms with Crippen molar-refractivity contribution in [3.63, 3.8) is 0 Å². The molecule has 3 rings (SSSR count). The molecule has 0 saturated carbocycles. The number of carbonyl (C=O) groups is 2. The molecule has 1 aliphatic heterocycles. The van der Waals surface area contributed by atoms with Crippen LogP contribution >= 0.6 is 0 Å². The van der Waals surface area contributed by atoms with Crippen LogP contribution in [0.5, 0.6) is 0 Å². The Bertz CT molecular complexity index is 765. The Balaban J connectivity index is 1.63. The van der Waals surface area contributed by atoms with Crippen LogP contribution in [-0.4, -0.2) is 46.5 Å². The van der Waals surface area contributed by atoms with Gasteiger partial charge in [0.15, 0.2) is 0 Å². The molecule has 1 atom stereocenters. The molecule has 0 aliphatic carbocycles. The number of rotatable bonds is 5. The van der Waals surface area contributed by atoms with Crippen molar-refractivity contribution in [1.82, 2.24) is 4.90 Å². The first-order valence-electron chi connectivity index (χ1n) is 8.65. The molecule has 0 spiro atoms. The molecule has 2 aromatic rings. The summed E-state index contributed by atoms with van der Waals surface area (Å²) in [5.41, 5.74) is 1.84. The van der Waals surface area contributed by atoms with Crippen LogP contribution in [0.1, 0.15) is 18.4 Å². The van der Waals surface area contributed by atoms with Gasteiger partial charge in [0, 0.05) is 12.2 Å². The number of nitrogens with one attached hydrogen (secondary N) is 1. The van der Waals surface area contributed by atoms with Gasteiger partial charge in [-0.15, -0.1) is 0 Å². The quantitative estimate of drug-likeness (QED) is 0.685. The molecule has 0 bridgehead atoms. The molecule has 1 heterocycles. The molecule has 1 fully saturated rings. The van der Waals surface area contributed by atoms with Crippen LogP contribution in [0.2, 0.25) is 0 Å². The summed E-state index contributed by atoms with van der Waals surface area (Å²) in [6, 6.07) is 15.3. The molecule has 134 valence electrons. The van der Waals surface area contributed by atoms with Gasteiger partial charge in [-0.2, -0.15) is 0 Å². The third-order valence-corrected chi connectivity index (χ3v) is 4.55. The van der Waals surface area contributed by atoms with Crippen molar-refractivity contribution >= 4 is 30.1 Å². The molecule has 6 nitrogen and oxygen atoms in total. The van der Waals surface area contributed by atoms with Crippen LogP contribution in [0, 0.1) is 0 Å². The second-order valence-corrected chi connectivity index (χ2v) is 6.39. The fourth-order valence-corrected chi connectivity index (χ4v) is 3.17. The lowest BCUT2D eigenvalue weighted by Crippen LogP contribution is -2.43. The van der Waals surface area contributed by atoms with Crippen molar-refractivity contribution < 1.29 is 19.6 Å². The molecule has 1 saturated heterocycles. The summed E-state index contributed by atoms with van der Waals surface area (Å²) in [7, 11) is -1.54. The van der Waals surface area contributed by atoms with Crippen molar-refractivity contribution in [3.05, 3.63) is 60.2 Å². The van der Waals surface area contributed by atoms with Gasteiger partial charge in [-0.1, -0.05) is 42.5 Å². The molecular weight excluding hydrogens is 331 g/mol. The van der Waals surface area contributed by atoms with Gasteiger partial charge in [0.1, 0.15) is 6.04 Å². The van der Waals surface area contributed by atoms with E-state index in [0.717, 1.165) is 12.0 Å². The van der Waals surface area contributed by atoms with Crippen molar-refractivity contribution in [3.8, 4) is 0 Å². The zero-order valence-corrected chi connectivity index (χ0v) is 14.3. The second-order valence-electron chi connectivity index (χ2n) is 6.39. The smallest absolute Gasteiger partial charge is 0.423 e. The Labute approximate surface area is 152 Å². The van der Waals surface area contributed by atoms with Gasteiger partial charge in [0.2, 0.25) is 11.8 Å². The van der Waals surface area contributed by atoms with E-state index in [1.54, 1.807) is 17.0 Å². The Kier molecular flexibility index (Phi) is 5.70. The normalized spacial score (nSPS) is 16.4. The Hall–Kier alpha value is -2.64. The van der Waals surface area contributed by atoms with E-state index in [1.165, 1.54) is 12.1 Å². The highest BCUT2D eigenvalue weighted by Gasteiger charge is 2.33. The lowest BCUT2D eigenvalue weighted by Gasteiger charge is -2.24. The van der Waals surface area contributed by atoms with E-state index in [9.17, 15) is 9.59 Å². The lowest BCUT2D eigenvalue weighted by atomic mass is 9.80. The number of amides is 2. The molecule has 0 unspecified atom stereocenters. The van der Waals surface area contributed by atoms with Crippen LogP contribution < -0.4 is 10.8 Å². The first kappa shape index (κ1) is 18.2. The number of carbonyl (C=O) groups excluding carboxylic acids is 2. The maximum atomic E-state index is 12.6. The van der Waals surface area contributed by atoms with Crippen LogP contribution in [0.3, 0.4) is 0 Å². The topological polar surface area (TPSA) is 89.9 Å². The number of hydrogen-bond donors (Lipinski definition) is 3. The average molecular weight is 352 g/mol. The standard InChI is InChI=1S/C19H21BN2O4/c23-18(13-14-5-2-1-3-6-14)22-12-4-7-17(22)19(24)21-16-10-8-15(9-11-16)20(25)26/h1-3,5-6,8-11,17,25-26H,4,7,12-13H2,(H,21,24)/t17-/m0/s1. The molecule has 0 radical (unpaired) electrons. The molecule has 1 aliphatic rings. The summed E-state index contributed by atoms with van der Waals surface area (Å²) >= 11 is 0. The highest BCUT2D eigenvalue weighted by molar-refractivity contribution is 6.58. The summed E-state index contributed by atoms with van der Waals surface area (Å²) in [4.78, 5) is 26.8. The predicted octanol–water partition coefficient (Wildman–Crippen LogP) is 0.539. The molecule has 2 amide bonds. The Morgan fingerprint density at radius 2 is 1.77 bits per heavy atom. The summed E-state index contributed by atoms with van der Waals surface area (Å²) in [5, 5.41) is 21.0. The van der Waals surface area contributed by atoms with Gasteiger partial charge in [-0.25, -0.2) is 0 Å². The number of hydrogen-bond acceptors (Lipinski definition) is 4. The third-order valence-electron chi connectivity index (χ3n) is 4.55. The van der Waals surface area contributed by atoms with Crippen molar-refractivity contribution in [2.45, 2.75) is 25.3 Å². The second kappa shape index (κ2) is 8.16. The maximum absolute atomic E-state index is 12.6. The molecular formula is C19H21BN2O4. The monoisotopic (exact) mass is 352 g/mol. The number of anilines is 1. The van der Waals surface area contributed by atoms with Gasteiger partial charge in [0.05, 0.1) is 6.42 Å². The van der Waals surface area contributed by atoms with E-state index >= 15 is 0 Å². The van der Waals surface area contributed by atoms with E-state index in [4.69, 9.17) is 10.0 Å². The van der Waals surface area contributed by atoms with Gasteiger partial charge >= 0.3 is 7.12 Å². The van der Waals surface area contributed by atoms with E-state index in [1.807, 2.05) is 30.3 Å². The zero-order valence-electron chi connectivity index (χ0n) is 14.3. The summed E-state index contributed by atoms with van der Waals surface area (Å²) in [6.07, 6.45) is 1.72. The zero-order chi connectivity index (χ0) is 18.5. The van der Waals surface area contributed by atoms with Crippen LogP contribution in [-0.2, 0) is 16.0 Å². The number of likely N-dealkylation sites (tertiary alicyclic amines) is 1. The number of benzene rings is 2. The van der Waals surface area contributed by atoms with Gasteiger partial charge in [-0.05, 0) is 36.0 Å². The third kappa shape index (κ3) is 4.31. The SMILES string of the molecule is O=C(Nc1ccc(B(O)O)cc1)[C@@H]1CCCN1C(=O)Cc1ccccc1. The Morgan fingerprint density at radius 1 is 1.08 bits per heavy atom. The van der Waals surface area contributed by atoms with Crippen molar-refractivity contribution in [2.24, 2.45) is 0 Å². The average Bonchev–Trinajstić information content (AvgIpc) is 3.13.